The van der Waals surface area contributed by atoms with Crippen molar-refractivity contribution in [2.24, 2.45) is 0 Å². The summed E-state index contributed by atoms with van der Waals surface area (Å²) < 4.78 is 22.3. The van der Waals surface area contributed by atoms with Gasteiger partial charge in [0.25, 0.3) is 0 Å². The minimum atomic E-state index is -0.732. The summed E-state index contributed by atoms with van der Waals surface area (Å²) in [5.74, 6) is 0.209. The van der Waals surface area contributed by atoms with Crippen LogP contribution in [0.15, 0.2) is 24.3 Å². The third-order valence-corrected chi connectivity index (χ3v) is 4.65. The first-order valence-corrected chi connectivity index (χ1v) is 11.5. The molecule has 0 radical (unpaired) electrons. The molecular weight excluding hydrogens is 398 g/mol. The molecule has 0 spiro atoms. The van der Waals surface area contributed by atoms with Gasteiger partial charge in [-0.3, -0.25) is 4.79 Å². The average Bonchev–Trinajstić information content (AvgIpc) is 2.75. The summed E-state index contributed by atoms with van der Waals surface area (Å²) in [6.45, 7) is 5.37. The van der Waals surface area contributed by atoms with Crippen molar-refractivity contribution in [3.63, 3.8) is 0 Å². The Morgan fingerprint density at radius 2 is 1.39 bits per heavy atom. The zero-order valence-electron chi connectivity index (χ0n) is 19.1. The van der Waals surface area contributed by atoms with Crippen molar-refractivity contribution < 1.29 is 28.8 Å². The second-order valence-electron chi connectivity index (χ2n) is 7.48. The predicted octanol–water partition coefficient (Wildman–Crippen LogP) is 4.04. The van der Waals surface area contributed by atoms with Crippen LogP contribution in [-0.4, -0.2) is 64.4 Å². The highest BCUT2D eigenvalue weighted by Gasteiger charge is 1.98. The highest BCUT2D eigenvalue weighted by atomic mass is 16.5. The van der Waals surface area contributed by atoms with Crippen molar-refractivity contribution in [3.05, 3.63) is 29.8 Å². The average molecular weight is 440 g/mol. The van der Waals surface area contributed by atoms with Crippen LogP contribution in [0.5, 0.6) is 5.75 Å². The Morgan fingerprint density at radius 3 is 2.00 bits per heavy atom. The Bertz CT molecular complexity index is 555. The molecule has 0 amide bonds. The second kappa shape index (κ2) is 20.2. The van der Waals surface area contributed by atoms with Gasteiger partial charge in [-0.05, 0) is 56.8 Å². The molecular formula is C24H41NO6. The quantitative estimate of drug-likeness (QED) is 0.264. The van der Waals surface area contributed by atoms with E-state index in [9.17, 15) is 4.79 Å². The molecule has 0 bridgehead atoms. The minimum Gasteiger partial charge on any atom is -0.494 e. The molecule has 31 heavy (non-hydrogen) atoms. The molecule has 0 saturated carbocycles. The molecule has 0 heterocycles. The van der Waals surface area contributed by atoms with E-state index in [-0.39, 0.29) is 6.42 Å². The monoisotopic (exact) mass is 439 g/mol. The van der Waals surface area contributed by atoms with Crippen molar-refractivity contribution in [2.75, 3.05) is 53.3 Å². The van der Waals surface area contributed by atoms with Crippen LogP contribution in [-0.2, 0) is 25.5 Å². The molecule has 0 aromatic heterocycles. The molecule has 0 unspecified atom stereocenters. The van der Waals surface area contributed by atoms with Gasteiger partial charge in [-0.15, -0.1) is 0 Å². The lowest BCUT2D eigenvalue weighted by molar-refractivity contribution is -0.137. The standard InChI is InChI=1S/C24H41NO6/c1-25-21-22-10-9-11-23(20-22)31-15-8-3-2-6-13-28-16-18-30-19-17-29-14-7-4-5-12-24(26)27/h9-11,20,25H,2-8,12-19,21H2,1H3,(H,26,27). The molecule has 0 saturated heterocycles. The van der Waals surface area contributed by atoms with E-state index < -0.39 is 5.97 Å². The highest BCUT2D eigenvalue weighted by molar-refractivity contribution is 5.66. The van der Waals surface area contributed by atoms with Gasteiger partial charge >= 0.3 is 5.97 Å². The molecule has 7 heteroatoms. The number of unbranched alkanes of at least 4 members (excludes halogenated alkanes) is 5. The van der Waals surface area contributed by atoms with Gasteiger partial charge in [0, 0.05) is 26.2 Å². The van der Waals surface area contributed by atoms with Crippen LogP contribution < -0.4 is 10.1 Å². The molecule has 0 atom stereocenters. The van der Waals surface area contributed by atoms with E-state index in [1.807, 2.05) is 19.2 Å². The molecule has 0 aliphatic heterocycles. The van der Waals surface area contributed by atoms with Gasteiger partial charge in [0.05, 0.1) is 33.0 Å². The van der Waals surface area contributed by atoms with Gasteiger partial charge in [0.2, 0.25) is 0 Å². The van der Waals surface area contributed by atoms with Gasteiger partial charge in [0.1, 0.15) is 5.75 Å². The maximum absolute atomic E-state index is 10.4. The van der Waals surface area contributed by atoms with E-state index in [1.54, 1.807) is 0 Å². The third kappa shape index (κ3) is 17.7. The Balaban J connectivity index is 1.76. The first-order valence-electron chi connectivity index (χ1n) is 11.5. The van der Waals surface area contributed by atoms with Crippen LogP contribution in [0.2, 0.25) is 0 Å². The van der Waals surface area contributed by atoms with E-state index >= 15 is 0 Å². The number of carbonyl (C=O) groups is 1. The number of carboxylic acid groups (broad SMARTS) is 1. The van der Waals surface area contributed by atoms with Gasteiger partial charge in [-0.2, -0.15) is 0 Å². The van der Waals surface area contributed by atoms with Gasteiger partial charge in [-0.1, -0.05) is 25.0 Å². The lowest BCUT2D eigenvalue weighted by Gasteiger charge is -2.08. The summed E-state index contributed by atoms with van der Waals surface area (Å²) in [4.78, 5) is 10.4. The van der Waals surface area contributed by atoms with Crippen LogP contribution in [0.4, 0.5) is 0 Å². The summed E-state index contributed by atoms with van der Waals surface area (Å²) in [5, 5.41) is 11.7. The second-order valence-corrected chi connectivity index (χ2v) is 7.48. The summed E-state index contributed by atoms with van der Waals surface area (Å²) in [5.41, 5.74) is 1.23. The van der Waals surface area contributed by atoms with Crippen molar-refractivity contribution in [1.29, 1.82) is 0 Å². The molecule has 0 fully saturated rings. The highest BCUT2D eigenvalue weighted by Crippen LogP contribution is 2.14. The zero-order chi connectivity index (χ0) is 22.4. The topological polar surface area (TPSA) is 86.3 Å². The van der Waals surface area contributed by atoms with Gasteiger partial charge in [0.15, 0.2) is 0 Å². The van der Waals surface area contributed by atoms with Crippen LogP contribution in [0.25, 0.3) is 0 Å². The summed E-state index contributed by atoms with van der Waals surface area (Å²) in [6.07, 6.45) is 7.14. The van der Waals surface area contributed by atoms with Gasteiger partial charge in [-0.25, -0.2) is 0 Å². The molecule has 1 rings (SSSR count). The fraction of sp³-hybridized carbons (Fsp3) is 0.708. The maximum Gasteiger partial charge on any atom is 0.303 e. The Morgan fingerprint density at radius 1 is 0.806 bits per heavy atom. The third-order valence-electron chi connectivity index (χ3n) is 4.65. The van der Waals surface area contributed by atoms with E-state index in [2.05, 4.69) is 17.4 Å². The first kappa shape index (κ1) is 27.4. The minimum absolute atomic E-state index is 0.240. The van der Waals surface area contributed by atoms with Crippen molar-refractivity contribution >= 4 is 5.97 Å². The molecule has 0 aliphatic rings. The van der Waals surface area contributed by atoms with Crippen molar-refractivity contribution in [2.45, 2.75) is 57.9 Å². The molecule has 1 aromatic rings. The number of hydrogen-bond donors (Lipinski definition) is 2. The first-order chi connectivity index (χ1) is 15.2. The summed E-state index contributed by atoms with van der Waals surface area (Å²) >= 11 is 0. The van der Waals surface area contributed by atoms with Crippen molar-refractivity contribution in [1.82, 2.24) is 5.32 Å². The van der Waals surface area contributed by atoms with E-state index in [0.717, 1.165) is 64.0 Å². The smallest absolute Gasteiger partial charge is 0.303 e. The molecule has 178 valence electrons. The number of ether oxygens (including phenoxy) is 4. The number of benzene rings is 1. The number of carboxylic acids is 1. The number of rotatable bonds is 22. The maximum atomic E-state index is 10.4. The number of aliphatic carboxylic acids is 1. The summed E-state index contributed by atoms with van der Waals surface area (Å²) in [6, 6.07) is 8.22. The van der Waals surface area contributed by atoms with E-state index in [4.69, 9.17) is 24.1 Å². The lowest BCUT2D eigenvalue weighted by atomic mass is 10.2. The number of nitrogens with one attached hydrogen (secondary N) is 1. The Kier molecular flexibility index (Phi) is 17.9. The molecule has 7 nitrogen and oxygen atoms in total. The normalized spacial score (nSPS) is 11.0. The fourth-order valence-corrected chi connectivity index (χ4v) is 3.00. The van der Waals surface area contributed by atoms with Gasteiger partial charge < -0.3 is 29.4 Å². The SMILES string of the molecule is CNCc1cccc(OCCCCCCOCCOCCOCCCCCC(=O)O)c1. The predicted molar refractivity (Wildman–Crippen MR) is 122 cm³/mol. The Hall–Kier alpha value is -1.67. The molecule has 1 aromatic carbocycles. The lowest BCUT2D eigenvalue weighted by Crippen LogP contribution is -2.10. The van der Waals surface area contributed by atoms with Crippen molar-refractivity contribution in [3.8, 4) is 5.75 Å². The van der Waals surface area contributed by atoms with Crippen LogP contribution >= 0.6 is 0 Å². The largest absolute Gasteiger partial charge is 0.494 e. The fourth-order valence-electron chi connectivity index (χ4n) is 3.00. The van der Waals surface area contributed by atoms with E-state index in [1.165, 1.54) is 5.56 Å². The van der Waals surface area contributed by atoms with E-state index in [0.29, 0.717) is 39.5 Å². The summed E-state index contributed by atoms with van der Waals surface area (Å²) in [7, 11) is 1.94. The van der Waals surface area contributed by atoms with Crippen LogP contribution in [0, 0.1) is 0 Å². The zero-order valence-corrected chi connectivity index (χ0v) is 19.1. The molecule has 2 N–H and O–H groups in total. The molecule has 0 aliphatic carbocycles. The van der Waals surface area contributed by atoms with Crippen LogP contribution in [0.1, 0.15) is 56.9 Å². The number of hydrogen-bond acceptors (Lipinski definition) is 6. The Labute approximate surface area is 187 Å². The van der Waals surface area contributed by atoms with Crippen LogP contribution in [0.3, 0.4) is 0 Å².